The van der Waals surface area contributed by atoms with E-state index in [1.165, 1.54) is 6.92 Å². The molecule has 0 atom stereocenters. The molecule has 0 aromatic carbocycles. The average molecular weight is 202 g/mol. The first-order valence-electron chi connectivity index (χ1n) is 4.12. The van der Waals surface area contributed by atoms with Gasteiger partial charge in [-0.05, 0) is 18.6 Å². The minimum atomic E-state index is -0.624. The zero-order chi connectivity index (χ0) is 10.4. The highest BCUT2D eigenvalue weighted by Gasteiger charge is 2.19. The highest BCUT2D eigenvalue weighted by atomic mass is 32.1. The molecule has 0 aromatic heterocycles. The Balaban J connectivity index is 4.33. The largest absolute Gasteiger partial charge is 0.376 e. The van der Waals surface area contributed by atoms with Crippen LogP contribution in [0.3, 0.4) is 0 Å². The first kappa shape index (κ1) is 12.0. The maximum atomic E-state index is 11.2. The van der Waals surface area contributed by atoms with Gasteiger partial charge < -0.3 is 5.73 Å². The van der Waals surface area contributed by atoms with Crippen molar-refractivity contribution in [2.75, 3.05) is 6.54 Å². The van der Waals surface area contributed by atoms with Crippen LogP contribution in [0.2, 0.25) is 0 Å². The van der Waals surface area contributed by atoms with E-state index in [9.17, 15) is 9.59 Å². The van der Waals surface area contributed by atoms with Gasteiger partial charge >= 0.3 is 0 Å². The topological polar surface area (TPSA) is 63.4 Å². The highest BCUT2D eigenvalue weighted by molar-refractivity contribution is 7.80. The molecule has 0 spiro atoms. The summed E-state index contributed by atoms with van der Waals surface area (Å²) in [5.41, 5.74) is 5.30. The Hall–Kier alpha value is -0.970. The van der Waals surface area contributed by atoms with E-state index in [2.05, 4.69) is 12.2 Å². The van der Waals surface area contributed by atoms with Crippen LogP contribution >= 0.6 is 12.2 Å². The Morgan fingerprint density at radius 2 is 2.00 bits per heavy atom. The second-order valence-electron chi connectivity index (χ2n) is 2.70. The predicted molar refractivity (Wildman–Crippen MR) is 54.1 cm³/mol. The molecular formula is C8H14N2O2S. The van der Waals surface area contributed by atoms with E-state index in [0.29, 0.717) is 6.54 Å². The number of thiocarbonyl (C=S) groups is 1. The van der Waals surface area contributed by atoms with E-state index >= 15 is 0 Å². The van der Waals surface area contributed by atoms with Gasteiger partial charge in [0.05, 0.1) is 0 Å². The Labute approximate surface area is 83.1 Å². The number of amides is 1. The summed E-state index contributed by atoms with van der Waals surface area (Å²) < 4.78 is 0. The molecule has 0 saturated carbocycles. The fraction of sp³-hybridized carbons (Fsp3) is 0.625. The standard InChI is InChI=1S/C8H14N2O2S/c1-3-4-5-10(8(9)13)7(12)6(2)11/h3-5H2,1-2H3,(H2,9,13). The second kappa shape index (κ2) is 5.64. The summed E-state index contributed by atoms with van der Waals surface area (Å²) in [6.07, 6.45) is 1.71. The molecule has 5 heteroatoms. The number of hydrogen-bond acceptors (Lipinski definition) is 3. The summed E-state index contributed by atoms with van der Waals surface area (Å²) in [6.45, 7) is 3.61. The Kier molecular flexibility index (Phi) is 5.22. The van der Waals surface area contributed by atoms with Gasteiger partial charge in [0.1, 0.15) is 0 Å². The lowest BCUT2D eigenvalue weighted by atomic mass is 10.3. The second-order valence-corrected chi connectivity index (χ2v) is 3.12. The monoisotopic (exact) mass is 202 g/mol. The van der Waals surface area contributed by atoms with Gasteiger partial charge in [-0.2, -0.15) is 0 Å². The summed E-state index contributed by atoms with van der Waals surface area (Å²) in [6, 6.07) is 0. The molecule has 1 amide bonds. The molecule has 0 heterocycles. The highest BCUT2D eigenvalue weighted by Crippen LogP contribution is 1.96. The summed E-state index contributed by atoms with van der Waals surface area (Å²) in [7, 11) is 0. The van der Waals surface area contributed by atoms with Crippen LogP contribution in [0.1, 0.15) is 26.7 Å². The molecule has 0 unspecified atom stereocenters. The molecule has 0 aliphatic rings. The van der Waals surface area contributed by atoms with E-state index in [1.54, 1.807) is 0 Å². The molecule has 0 rings (SSSR count). The van der Waals surface area contributed by atoms with E-state index in [1.807, 2.05) is 6.92 Å². The number of Topliss-reactive ketones (excluding diaryl/α,β-unsaturated/α-hetero) is 1. The number of carbonyl (C=O) groups excluding carboxylic acids is 2. The number of nitrogens with two attached hydrogens (primary N) is 1. The minimum absolute atomic E-state index is 0.0337. The van der Waals surface area contributed by atoms with Crippen LogP contribution in [0.4, 0.5) is 0 Å². The van der Waals surface area contributed by atoms with Crippen molar-refractivity contribution in [3.8, 4) is 0 Å². The molecule has 74 valence electrons. The molecule has 0 aliphatic carbocycles. The van der Waals surface area contributed by atoms with Crippen molar-refractivity contribution in [2.45, 2.75) is 26.7 Å². The van der Waals surface area contributed by atoms with Crippen molar-refractivity contribution in [3.05, 3.63) is 0 Å². The van der Waals surface area contributed by atoms with Crippen molar-refractivity contribution >= 4 is 29.0 Å². The van der Waals surface area contributed by atoms with E-state index in [-0.39, 0.29) is 5.11 Å². The Bertz CT molecular complexity index is 228. The molecule has 13 heavy (non-hydrogen) atoms. The Morgan fingerprint density at radius 1 is 1.46 bits per heavy atom. The molecule has 4 nitrogen and oxygen atoms in total. The number of unbranched alkanes of at least 4 members (excludes halogenated alkanes) is 1. The fourth-order valence-electron chi connectivity index (χ4n) is 0.818. The third kappa shape index (κ3) is 3.98. The van der Waals surface area contributed by atoms with Crippen molar-refractivity contribution in [2.24, 2.45) is 5.73 Å². The zero-order valence-corrected chi connectivity index (χ0v) is 8.69. The van der Waals surface area contributed by atoms with Crippen molar-refractivity contribution < 1.29 is 9.59 Å². The van der Waals surface area contributed by atoms with Gasteiger partial charge in [0.15, 0.2) is 5.11 Å². The van der Waals surface area contributed by atoms with Crippen LogP contribution in [-0.4, -0.2) is 28.2 Å². The lowest BCUT2D eigenvalue weighted by Crippen LogP contribution is -2.43. The molecular weight excluding hydrogens is 188 g/mol. The van der Waals surface area contributed by atoms with E-state index in [0.717, 1.165) is 17.7 Å². The number of nitrogens with zero attached hydrogens (tertiary/aromatic N) is 1. The summed E-state index contributed by atoms with van der Waals surface area (Å²) in [5, 5.41) is -0.0337. The summed E-state index contributed by atoms with van der Waals surface area (Å²) in [4.78, 5) is 23.1. The maximum Gasteiger partial charge on any atom is 0.295 e. The van der Waals surface area contributed by atoms with Crippen molar-refractivity contribution in [1.29, 1.82) is 0 Å². The third-order valence-corrected chi connectivity index (χ3v) is 1.77. The van der Waals surface area contributed by atoms with Crippen LogP contribution in [0.25, 0.3) is 0 Å². The van der Waals surface area contributed by atoms with Gasteiger partial charge in [-0.3, -0.25) is 14.5 Å². The predicted octanol–water partition coefficient (Wildman–Crippen LogP) is 0.448. The Morgan fingerprint density at radius 3 is 2.31 bits per heavy atom. The smallest absolute Gasteiger partial charge is 0.295 e. The van der Waals surface area contributed by atoms with Gasteiger partial charge in [0.25, 0.3) is 5.91 Å². The number of hydrogen-bond donors (Lipinski definition) is 1. The number of ketones is 1. The maximum absolute atomic E-state index is 11.2. The molecule has 0 radical (unpaired) electrons. The molecule has 0 saturated heterocycles. The third-order valence-electron chi connectivity index (χ3n) is 1.55. The average Bonchev–Trinajstić information content (AvgIpc) is 2.04. The summed E-state index contributed by atoms with van der Waals surface area (Å²) in [5.74, 6) is -1.16. The van der Waals surface area contributed by atoms with Crippen LogP contribution in [-0.2, 0) is 9.59 Å². The number of rotatable bonds is 4. The SMILES string of the molecule is CCCCN(C(=O)C(C)=O)C(N)=S. The normalized spacial score (nSPS) is 9.38. The van der Waals surface area contributed by atoms with E-state index in [4.69, 9.17) is 5.73 Å². The molecule has 0 fully saturated rings. The minimum Gasteiger partial charge on any atom is -0.376 e. The first-order chi connectivity index (χ1) is 6.00. The van der Waals surface area contributed by atoms with Crippen LogP contribution in [0.15, 0.2) is 0 Å². The lowest BCUT2D eigenvalue weighted by Gasteiger charge is -2.18. The molecule has 0 aliphatic heterocycles. The van der Waals surface area contributed by atoms with Crippen molar-refractivity contribution in [3.63, 3.8) is 0 Å². The van der Waals surface area contributed by atoms with E-state index < -0.39 is 11.7 Å². The summed E-state index contributed by atoms with van der Waals surface area (Å²) >= 11 is 4.66. The van der Waals surface area contributed by atoms with Gasteiger partial charge in [0, 0.05) is 13.5 Å². The molecule has 0 bridgehead atoms. The van der Waals surface area contributed by atoms with Gasteiger partial charge in [-0.15, -0.1) is 0 Å². The van der Waals surface area contributed by atoms with Gasteiger partial charge in [0.2, 0.25) is 5.78 Å². The number of carbonyl (C=O) groups is 2. The van der Waals surface area contributed by atoms with Crippen LogP contribution < -0.4 is 5.73 Å². The zero-order valence-electron chi connectivity index (χ0n) is 7.87. The van der Waals surface area contributed by atoms with Crippen LogP contribution in [0, 0.1) is 0 Å². The first-order valence-corrected chi connectivity index (χ1v) is 4.53. The lowest BCUT2D eigenvalue weighted by molar-refractivity contribution is -0.140. The van der Waals surface area contributed by atoms with Gasteiger partial charge in [-0.25, -0.2) is 0 Å². The molecule has 2 N–H and O–H groups in total. The molecule has 0 aromatic rings. The van der Waals surface area contributed by atoms with Gasteiger partial charge in [-0.1, -0.05) is 13.3 Å². The quantitative estimate of drug-likeness (QED) is 0.531. The fourth-order valence-corrected chi connectivity index (χ4v) is 0.992. The van der Waals surface area contributed by atoms with Crippen molar-refractivity contribution in [1.82, 2.24) is 4.90 Å². The van der Waals surface area contributed by atoms with Crippen LogP contribution in [0.5, 0.6) is 0 Å².